The summed E-state index contributed by atoms with van der Waals surface area (Å²) in [5.74, 6) is -0.0520. The summed E-state index contributed by atoms with van der Waals surface area (Å²) in [5, 5.41) is 14.2. The van der Waals surface area contributed by atoms with Crippen molar-refractivity contribution < 1.29 is 19.2 Å². The van der Waals surface area contributed by atoms with Gasteiger partial charge in [-0.15, -0.1) is 0 Å². The Morgan fingerprint density at radius 2 is 1.88 bits per heavy atom. The second-order valence-electron chi connectivity index (χ2n) is 5.82. The number of rotatable bonds is 7. The number of ether oxygens (including phenoxy) is 2. The first-order valence-corrected chi connectivity index (χ1v) is 8.24. The molecule has 0 aliphatic rings. The summed E-state index contributed by atoms with van der Waals surface area (Å²) < 4.78 is 10.6. The standard InChI is InChI=1S/C19H22N2O5/c1-5-26-18-10-15(16(21(23)24)11-17(18)25-4)19(22)20-13(3)14-8-6-12(2)7-9-14/h6-11,13H,5H2,1-4H3,(H,20,22). The summed E-state index contributed by atoms with van der Waals surface area (Å²) in [5.41, 5.74) is 1.61. The Labute approximate surface area is 152 Å². The number of amides is 1. The van der Waals surface area contributed by atoms with Crippen LogP contribution >= 0.6 is 0 Å². The van der Waals surface area contributed by atoms with Gasteiger partial charge in [0.15, 0.2) is 11.5 Å². The Morgan fingerprint density at radius 3 is 2.42 bits per heavy atom. The normalized spacial score (nSPS) is 11.5. The van der Waals surface area contributed by atoms with Crippen molar-refractivity contribution >= 4 is 11.6 Å². The molecule has 1 atom stereocenters. The van der Waals surface area contributed by atoms with Gasteiger partial charge in [-0.2, -0.15) is 0 Å². The van der Waals surface area contributed by atoms with E-state index in [2.05, 4.69) is 5.32 Å². The van der Waals surface area contributed by atoms with E-state index in [4.69, 9.17) is 9.47 Å². The van der Waals surface area contributed by atoms with Crippen LogP contribution in [0.2, 0.25) is 0 Å². The molecule has 26 heavy (non-hydrogen) atoms. The van der Waals surface area contributed by atoms with Gasteiger partial charge < -0.3 is 14.8 Å². The number of hydrogen-bond acceptors (Lipinski definition) is 5. The second-order valence-corrected chi connectivity index (χ2v) is 5.82. The van der Waals surface area contributed by atoms with Gasteiger partial charge in [-0.3, -0.25) is 14.9 Å². The number of carbonyl (C=O) groups excluding carboxylic acids is 1. The maximum Gasteiger partial charge on any atom is 0.286 e. The largest absolute Gasteiger partial charge is 0.493 e. The van der Waals surface area contributed by atoms with Crippen molar-refractivity contribution in [2.75, 3.05) is 13.7 Å². The van der Waals surface area contributed by atoms with Crippen molar-refractivity contribution in [3.8, 4) is 11.5 Å². The number of nitrogens with one attached hydrogen (secondary N) is 1. The maximum atomic E-state index is 12.7. The van der Waals surface area contributed by atoms with Crippen molar-refractivity contribution in [2.24, 2.45) is 0 Å². The maximum absolute atomic E-state index is 12.7. The number of nitrogens with zero attached hydrogens (tertiary/aromatic N) is 1. The first kappa shape index (κ1) is 19.2. The van der Waals surface area contributed by atoms with Crippen molar-refractivity contribution in [2.45, 2.75) is 26.8 Å². The van der Waals surface area contributed by atoms with Gasteiger partial charge in [-0.25, -0.2) is 0 Å². The third-order valence-electron chi connectivity index (χ3n) is 3.95. The third kappa shape index (κ3) is 4.30. The van der Waals surface area contributed by atoms with Crippen LogP contribution in [0.3, 0.4) is 0 Å². The van der Waals surface area contributed by atoms with Crippen molar-refractivity contribution in [1.29, 1.82) is 0 Å². The molecule has 7 nitrogen and oxygen atoms in total. The van der Waals surface area contributed by atoms with Crippen LogP contribution in [0.25, 0.3) is 0 Å². The number of carbonyl (C=O) groups is 1. The molecular weight excluding hydrogens is 336 g/mol. The van der Waals surface area contributed by atoms with E-state index in [0.29, 0.717) is 6.61 Å². The lowest BCUT2D eigenvalue weighted by molar-refractivity contribution is -0.385. The molecular formula is C19H22N2O5. The predicted octanol–water partition coefficient (Wildman–Crippen LogP) is 3.80. The Kier molecular flexibility index (Phi) is 6.16. The molecule has 2 rings (SSSR count). The molecule has 2 aromatic carbocycles. The fraction of sp³-hybridized carbons (Fsp3) is 0.316. The van der Waals surface area contributed by atoms with E-state index in [1.54, 1.807) is 6.92 Å². The zero-order chi connectivity index (χ0) is 19.3. The highest BCUT2D eigenvalue weighted by atomic mass is 16.6. The van der Waals surface area contributed by atoms with Crippen LogP contribution in [0.4, 0.5) is 5.69 Å². The molecule has 0 saturated heterocycles. The smallest absolute Gasteiger partial charge is 0.286 e. The van der Waals surface area contributed by atoms with Gasteiger partial charge in [0.2, 0.25) is 0 Å². The Bertz CT molecular complexity index is 802. The van der Waals surface area contributed by atoms with Crippen LogP contribution in [-0.4, -0.2) is 24.5 Å². The molecule has 0 aliphatic carbocycles. The molecule has 138 valence electrons. The van der Waals surface area contributed by atoms with Gasteiger partial charge in [-0.05, 0) is 26.3 Å². The summed E-state index contributed by atoms with van der Waals surface area (Å²) in [6.07, 6.45) is 0. The van der Waals surface area contributed by atoms with Crippen LogP contribution < -0.4 is 14.8 Å². The van der Waals surface area contributed by atoms with E-state index in [1.807, 2.05) is 38.1 Å². The molecule has 0 bridgehead atoms. The molecule has 0 aromatic heterocycles. The number of nitro groups is 1. The first-order valence-electron chi connectivity index (χ1n) is 8.24. The quantitative estimate of drug-likeness (QED) is 0.600. The zero-order valence-corrected chi connectivity index (χ0v) is 15.2. The van der Waals surface area contributed by atoms with E-state index in [1.165, 1.54) is 19.2 Å². The average Bonchev–Trinajstić information content (AvgIpc) is 2.61. The molecule has 0 radical (unpaired) electrons. The van der Waals surface area contributed by atoms with Gasteiger partial charge in [0.25, 0.3) is 11.6 Å². The fourth-order valence-electron chi connectivity index (χ4n) is 2.52. The summed E-state index contributed by atoms with van der Waals surface area (Å²) in [4.78, 5) is 23.4. The van der Waals surface area contributed by atoms with Crippen molar-refractivity contribution in [3.05, 3.63) is 63.2 Å². The van der Waals surface area contributed by atoms with Gasteiger partial charge in [0.1, 0.15) is 5.56 Å². The monoisotopic (exact) mass is 358 g/mol. The minimum atomic E-state index is -0.607. The molecule has 0 saturated carbocycles. The summed E-state index contributed by atoms with van der Waals surface area (Å²) in [6.45, 7) is 5.92. The lowest BCUT2D eigenvalue weighted by Crippen LogP contribution is -2.27. The zero-order valence-electron chi connectivity index (χ0n) is 15.2. The predicted molar refractivity (Wildman–Crippen MR) is 97.9 cm³/mol. The Hall–Kier alpha value is -3.09. The van der Waals surface area contributed by atoms with Gasteiger partial charge in [-0.1, -0.05) is 29.8 Å². The molecule has 0 fully saturated rings. The second kappa shape index (κ2) is 8.33. The highest BCUT2D eigenvalue weighted by Crippen LogP contribution is 2.35. The van der Waals surface area contributed by atoms with Crippen LogP contribution in [0.1, 0.15) is 41.4 Å². The van der Waals surface area contributed by atoms with Crippen LogP contribution in [0.15, 0.2) is 36.4 Å². The molecule has 0 heterocycles. The first-order chi connectivity index (χ1) is 12.4. The van der Waals surface area contributed by atoms with Gasteiger partial charge in [0, 0.05) is 6.07 Å². The molecule has 7 heteroatoms. The Morgan fingerprint density at radius 1 is 1.23 bits per heavy atom. The highest BCUT2D eigenvalue weighted by molar-refractivity contribution is 5.99. The van der Waals surface area contributed by atoms with Crippen LogP contribution in [0.5, 0.6) is 11.5 Å². The van der Waals surface area contributed by atoms with E-state index in [0.717, 1.165) is 11.1 Å². The van der Waals surface area contributed by atoms with Gasteiger partial charge in [0.05, 0.1) is 30.7 Å². The average molecular weight is 358 g/mol. The van der Waals surface area contributed by atoms with Crippen LogP contribution in [0, 0.1) is 17.0 Å². The molecule has 1 unspecified atom stereocenters. The minimum absolute atomic E-state index is 0.0711. The van der Waals surface area contributed by atoms with E-state index >= 15 is 0 Å². The molecule has 1 amide bonds. The molecule has 2 aromatic rings. The number of benzene rings is 2. The lowest BCUT2D eigenvalue weighted by Gasteiger charge is -2.16. The van der Waals surface area contributed by atoms with E-state index < -0.39 is 10.8 Å². The lowest BCUT2D eigenvalue weighted by atomic mass is 10.1. The topological polar surface area (TPSA) is 90.7 Å². The highest BCUT2D eigenvalue weighted by Gasteiger charge is 2.25. The van der Waals surface area contributed by atoms with Crippen LogP contribution in [-0.2, 0) is 0 Å². The van der Waals surface area contributed by atoms with Crippen molar-refractivity contribution in [1.82, 2.24) is 5.32 Å². The summed E-state index contributed by atoms with van der Waals surface area (Å²) in [7, 11) is 1.39. The summed E-state index contributed by atoms with van der Waals surface area (Å²) >= 11 is 0. The molecule has 1 N–H and O–H groups in total. The fourth-order valence-corrected chi connectivity index (χ4v) is 2.52. The van der Waals surface area contributed by atoms with Gasteiger partial charge >= 0.3 is 0 Å². The molecule has 0 aliphatic heterocycles. The minimum Gasteiger partial charge on any atom is -0.493 e. The number of methoxy groups -OCH3 is 1. The SMILES string of the molecule is CCOc1cc(C(=O)NC(C)c2ccc(C)cc2)c([N+](=O)[O-])cc1OC. The molecule has 0 spiro atoms. The third-order valence-corrected chi connectivity index (χ3v) is 3.95. The van der Waals surface area contributed by atoms with Crippen molar-refractivity contribution in [3.63, 3.8) is 0 Å². The number of nitro benzene ring substituents is 1. The van der Waals surface area contributed by atoms with E-state index in [-0.39, 0.29) is 28.8 Å². The number of aryl methyl sites for hydroxylation is 1. The van der Waals surface area contributed by atoms with E-state index in [9.17, 15) is 14.9 Å². The Balaban J connectivity index is 2.35. The number of hydrogen-bond donors (Lipinski definition) is 1. The summed E-state index contributed by atoms with van der Waals surface area (Å²) in [6, 6.07) is 9.96.